The van der Waals surface area contributed by atoms with E-state index >= 15 is 0 Å². The second kappa shape index (κ2) is 2.97. The summed E-state index contributed by atoms with van der Waals surface area (Å²) in [6.45, 7) is 5.94. The Morgan fingerprint density at radius 2 is 2.20 bits per heavy atom. The Kier molecular flexibility index (Phi) is 1.73. The molecule has 2 aromatic heterocycles. The summed E-state index contributed by atoms with van der Waals surface area (Å²) in [4.78, 5) is 0. The predicted octanol–water partition coefficient (Wildman–Crippen LogP) is 2.86. The van der Waals surface area contributed by atoms with Crippen molar-refractivity contribution in [2.45, 2.75) is 6.92 Å². The van der Waals surface area contributed by atoms with E-state index in [0.29, 0.717) is 0 Å². The van der Waals surface area contributed by atoms with Gasteiger partial charge < -0.3 is 4.42 Å². The third kappa shape index (κ3) is 1.08. The van der Waals surface area contributed by atoms with Crippen LogP contribution in [0.15, 0.2) is 28.0 Å². The van der Waals surface area contributed by atoms with Crippen molar-refractivity contribution >= 4 is 45.0 Å². The van der Waals surface area contributed by atoms with Gasteiger partial charge in [-0.15, -0.1) is 11.3 Å². The molecule has 2 heteroatoms. The third-order valence-electron chi connectivity index (χ3n) is 2.68. The Morgan fingerprint density at radius 3 is 3.00 bits per heavy atom. The van der Waals surface area contributed by atoms with Gasteiger partial charge in [-0.3, -0.25) is 0 Å². The Bertz CT molecular complexity index is 746. The molecule has 15 heavy (non-hydrogen) atoms. The molecule has 1 nitrogen and oxygen atoms in total. The average Bonchev–Trinajstić information content (AvgIpc) is 2.79. The van der Waals surface area contributed by atoms with E-state index in [4.69, 9.17) is 4.42 Å². The lowest BCUT2D eigenvalue weighted by atomic mass is 10.2. The van der Waals surface area contributed by atoms with Crippen LogP contribution in [0.2, 0.25) is 0 Å². The lowest BCUT2D eigenvalue weighted by Crippen LogP contribution is -2.16. The van der Waals surface area contributed by atoms with E-state index in [1.165, 1.54) is 10.1 Å². The zero-order chi connectivity index (χ0) is 10.4. The highest BCUT2D eigenvalue weighted by atomic mass is 32.1. The topological polar surface area (TPSA) is 13.1 Å². The normalized spacial score (nSPS) is 13.0. The third-order valence-corrected chi connectivity index (χ3v) is 3.61. The first-order valence-electron chi connectivity index (χ1n) is 4.85. The number of hydrogen-bond acceptors (Lipinski definition) is 2. The lowest BCUT2D eigenvalue weighted by Gasteiger charge is -1.90. The van der Waals surface area contributed by atoms with Crippen LogP contribution in [-0.4, -0.2) is 0 Å². The van der Waals surface area contributed by atoms with Crippen molar-refractivity contribution in [3.8, 4) is 0 Å². The number of rotatable bonds is 0. The molecule has 0 spiro atoms. The van der Waals surface area contributed by atoms with Crippen LogP contribution in [0.1, 0.15) is 6.92 Å². The molecule has 0 aliphatic heterocycles. The van der Waals surface area contributed by atoms with E-state index in [0.717, 1.165) is 21.6 Å². The Labute approximate surface area is 90.9 Å². The highest BCUT2D eigenvalue weighted by Gasteiger charge is 2.06. The van der Waals surface area contributed by atoms with Crippen molar-refractivity contribution < 1.29 is 4.42 Å². The first-order chi connectivity index (χ1) is 7.31. The highest BCUT2D eigenvalue weighted by Crippen LogP contribution is 2.27. The van der Waals surface area contributed by atoms with E-state index in [1.54, 1.807) is 11.3 Å². The fourth-order valence-corrected chi connectivity index (χ4v) is 2.85. The van der Waals surface area contributed by atoms with Gasteiger partial charge in [0.15, 0.2) is 5.58 Å². The van der Waals surface area contributed by atoms with Crippen molar-refractivity contribution in [2.24, 2.45) is 0 Å². The first kappa shape index (κ1) is 8.74. The predicted molar refractivity (Wildman–Crippen MR) is 66.5 cm³/mol. The van der Waals surface area contributed by atoms with Gasteiger partial charge in [0.2, 0.25) is 0 Å². The molecule has 1 aromatic carbocycles. The molecular formula is C13H10OS. The molecule has 0 aliphatic rings. The summed E-state index contributed by atoms with van der Waals surface area (Å²) in [6.07, 6.45) is 2.05. The minimum Gasteiger partial charge on any atom is -0.455 e. The first-order valence-corrected chi connectivity index (χ1v) is 5.73. The van der Waals surface area contributed by atoms with Gasteiger partial charge in [-0.1, -0.05) is 18.7 Å². The maximum atomic E-state index is 5.73. The molecular weight excluding hydrogens is 204 g/mol. The molecule has 2 heterocycles. The van der Waals surface area contributed by atoms with Gasteiger partial charge in [-0.25, -0.2) is 0 Å². The van der Waals surface area contributed by atoms with E-state index in [2.05, 4.69) is 30.2 Å². The largest absolute Gasteiger partial charge is 0.455 e. The van der Waals surface area contributed by atoms with Crippen molar-refractivity contribution in [2.75, 3.05) is 0 Å². The van der Waals surface area contributed by atoms with Gasteiger partial charge in [0.25, 0.3) is 0 Å². The number of hydrogen-bond donors (Lipinski definition) is 0. The molecule has 0 bridgehead atoms. The van der Waals surface area contributed by atoms with E-state index < -0.39 is 0 Å². The summed E-state index contributed by atoms with van der Waals surface area (Å²) in [7, 11) is 0. The van der Waals surface area contributed by atoms with Crippen LogP contribution in [-0.2, 0) is 0 Å². The van der Waals surface area contributed by atoms with Crippen LogP contribution in [0.25, 0.3) is 33.7 Å². The van der Waals surface area contributed by atoms with Crippen LogP contribution in [0.3, 0.4) is 0 Å². The minimum atomic E-state index is 0.758. The standard InChI is InChI=1S/C13H10OS/c1-3-10-8(2)14-12-11(10)5-4-9-6-7-15-13(9)12/h3-7H,2H2,1H3/b10-3+. The molecule has 0 fully saturated rings. The van der Waals surface area contributed by atoms with Gasteiger partial charge in [0.05, 0.1) is 4.70 Å². The fraction of sp³-hybridized carbons (Fsp3) is 0.0769. The molecule has 0 saturated heterocycles. The zero-order valence-corrected chi connectivity index (χ0v) is 9.23. The quantitative estimate of drug-likeness (QED) is 0.561. The van der Waals surface area contributed by atoms with Gasteiger partial charge in [-0.2, -0.15) is 0 Å². The van der Waals surface area contributed by atoms with Gasteiger partial charge in [-0.05, 0) is 29.8 Å². The van der Waals surface area contributed by atoms with Crippen LogP contribution >= 0.6 is 11.3 Å². The number of furan rings is 1. The molecule has 0 aliphatic carbocycles. The number of benzene rings is 1. The molecule has 3 aromatic rings. The summed E-state index contributed by atoms with van der Waals surface area (Å²) < 4.78 is 6.94. The fourth-order valence-electron chi connectivity index (χ4n) is 1.96. The van der Waals surface area contributed by atoms with Crippen molar-refractivity contribution in [3.05, 3.63) is 34.2 Å². The zero-order valence-electron chi connectivity index (χ0n) is 8.41. The van der Waals surface area contributed by atoms with E-state index in [9.17, 15) is 0 Å². The molecule has 0 saturated carbocycles. The maximum Gasteiger partial charge on any atom is 0.153 e. The Morgan fingerprint density at radius 1 is 1.33 bits per heavy atom. The van der Waals surface area contributed by atoms with Crippen molar-refractivity contribution in [3.63, 3.8) is 0 Å². The Hall–Kier alpha value is -1.54. The molecule has 3 rings (SSSR count). The van der Waals surface area contributed by atoms with Gasteiger partial charge in [0.1, 0.15) is 5.42 Å². The molecule has 0 amide bonds. The van der Waals surface area contributed by atoms with E-state index in [1.807, 2.05) is 13.0 Å². The Balaban J connectivity index is 2.73. The number of fused-ring (bicyclic) bond motifs is 3. The molecule has 0 atom stereocenters. The maximum absolute atomic E-state index is 5.73. The second-order valence-electron chi connectivity index (χ2n) is 3.51. The van der Waals surface area contributed by atoms with Crippen LogP contribution < -0.4 is 10.6 Å². The molecule has 0 radical (unpaired) electrons. The van der Waals surface area contributed by atoms with Gasteiger partial charge >= 0.3 is 0 Å². The summed E-state index contributed by atoms with van der Waals surface area (Å²) in [5, 5.41) is 5.60. The summed E-state index contributed by atoms with van der Waals surface area (Å²) >= 11 is 1.71. The van der Waals surface area contributed by atoms with Crippen molar-refractivity contribution in [1.29, 1.82) is 0 Å². The van der Waals surface area contributed by atoms with Crippen LogP contribution in [0.4, 0.5) is 0 Å². The lowest BCUT2D eigenvalue weighted by molar-refractivity contribution is 0.581. The molecule has 0 unspecified atom stereocenters. The van der Waals surface area contributed by atoms with Crippen LogP contribution in [0, 0.1) is 0 Å². The smallest absolute Gasteiger partial charge is 0.153 e. The second-order valence-corrected chi connectivity index (χ2v) is 4.42. The minimum absolute atomic E-state index is 0.758. The molecule has 74 valence electrons. The van der Waals surface area contributed by atoms with Crippen molar-refractivity contribution in [1.82, 2.24) is 0 Å². The SMILES string of the molecule is C=c1oc2c(ccc3ccsc32)/c1=C/C. The highest BCUT2D eigenvalue weighted by molar-refractivity contribution is 7.18. The molecule has 0 N–H and O–H groups in total. The van der Waals surface area contributed by atoms with Gasteiger partial charge in [0, 0.05) is 10.6 Å². The van der Waals surface area contributed by atoms with E-state index in [-0.39, 0.29) is 0 Å². The summed E-state index contributed by atoms with van der Waals surface area (Å²) in [6, 6.07) is 6.36. The number of thiophene rings is 1. The average molecular weight is 214 g/mol. The summed E-state index contributed by atoms with van der Waals surface area (Å²) in [5.41, 5.74) is 1.73. The summed E-state index contributed by atoms with van der Waals surface area (Å²) in [5.74, 6) is 0. The monoisotopic (exact) mass is 214 g/mol. The van der Waals surface area contributed by atoms with Crippen LogP contribution in [0.5, 0.6) is 0 Å².